The van der Waals surface area contributed by atoms with Crippen molar-refractivity contribution in [3.63, 3.8) is 0 Å². The molecule has 0 saturated heterocycles. The molecule has 0 saturated carbocycles. The van der Waals surface area contributed by atoms with E-state index >= 15 is 0 Å². The van der Waals surface area contributed by atoms with Gasteiger partial charge in [0.25, 0.3) is 5.69 Å². The van der Waals surface area contributed by atoms with E-state index < -0.39 is 4.92 Å². The van der Waals surface area contributed by atoms with E-state index in [1.807, 2.05) is 18.2 Å². The molecule has 0 atom stereocenters. The minimum Gasteiger partial charge on any atom is -0.492 e. The molecule has 104 valence electrons. The molecule has 0 fully saturated rings. The van der Waals surface area contributed by atoms with Crippen molar-refractivity contribution in [2.75, 3.05) is 13.2 Å². The summed E-state index contributed by atoms with van der Waals surface area (Å²) in [5.41, 5.74) is 1.29. The molecule has 2 aromatic rings. The summed E-state index contributed by atoms with van der Waals surface area (Å²) in [4.78, 5) is 10.1. The van der Waals surface area contributed by atoms with Crippen LogP contribution in [0.15, 0.2) is 54.6 Å². The molecule has 1 N–H and O–H groups in total. The Kier molecular flexibility index (Phi) is 5.08. The van der Waals surface area contributed by atoms with Crippen LogP contribution in [-0.4, -0.2) is 18.1 Å². The number of hydrogen-bond acceptors (Lipinski definition) is 4. The zero-order valence-electron chi connectivity index (χ0n) is 11.0. The summed E-state index contributed by atoms with van der Waals surface area (Å²) in [5, 5.41) is 13.8. The second kappa shape index (κ2) is 7.25. The van der Waals surface area contributed by atoms with Crippen molar-refractivity contribution in [2.24, 2.45) is 0 Å². The molecule has 0 aromatic heterocycles. The lowest BCUT2D eigenvalue weighted by atomic mass is 10.2. The lowest BCUT2D eigenvalue weighted by molar-refractivity contribution is -0.384. The number of nitrogens with zero attached hydrogens (tertiary/aromatic N) is 1. The Morgan fingerprint density at radius 1 is 1.05 bits per heavy atom. The molecule has 0 amide bonds. The van der Waals surface area contributed by atoms with Gasteiger partial charge in [0.15, 0.2) is 0 Å². The maximum absolute atomic E-state index is 10.5. The largest absolute Gasteiger partial charge is 0.492 e. The van der Waals surface area contributed by atoms with Crippen molar-refractivity contribution in [2.45, 2.75) is 6.54 Å². The molecule has 2 aromatic carbocycles. The lowest BCUT2D eigenvalue weighted by Crippen LogP contribution is -2.20. The molecular formula is C15H16N2O3. The summed E-state index contributed by atoms with van der Waals surface area (Å²) in [6, 6.07) is 16.2. The van der Waals surface area contributed by atoms with Crippen molar-refractivity contribution < 1.29 is 9.66 Å². The third kappa shape index (κ3) is 4.37. The van der Waals surface area contributed by atoms with Crippen LogP contribution < -0.4 is 10.1 Å². The van der Waals surface area contributed by atoms with Gasteiger partial charge in [-0.3, -0.25) is 10.1 Å². The highest BCUT2D eigenvalue weighted by molar-refractivity contribution is 5.35. The van der Waals surface area contributed by atoms with Gasteiger partial charge in [0, 0.05) is 25.2 Å². The molecule has 5 heteroatoms. The van der Waals surface area contributed by atoms with E-state index in [4.69, 9.17) is 4.74 Å². The molecule has 0 bridgehead atoms. The normalized spacial score (nSPS) is 10.2. The van der Waals surface area contributed by atoms with Crippen molar-refractivity contribution in [1.29, 1.82) is 0 Å². The number of ether oxygens (including phenoxy) is 1. The van der Waals surface area contributed by atoms with Crippen LogP contribution in [0.5, 0.6) is 5.75 Å². The van der Waals surface area contributed by atoms with Crippen LogP contribution in [0.3, 0.4) is 0 Å². The minimum atomic E-state index is -0.425. The number of non-ortho nitro benzene ring substituents is 1. The fraction of sp³-hybridized carbons (Fsp3) is 0.200. The summed E-state index contributed by atoms with van der Waals surface area (Å²) < 4.78 is 5.49. The Morgan fingerprint density at radius 2 is 1.75 bits per heavy atom. The summed E-state index contributed by atoms with van der Waals surface area (Å²) in [6.07, 6.45) is 0. The molecule has 2 rings (SSSR count). The van der Waals surface area contributed by atoms with E-state index in [0.717, 1.165) is 6.54 Å². The number of hydrogen-bond donors (Lipinski definition) is 1. The van der Waals surface area contributed by atoms with Crippen molar-refractivity contribution in [3.8, 4) is 5.75 Å². The summed E-state index contributed by atoms with van der Waals surface area (Å²) >= 11 is 0. The first kappa shape index (κ1) is 14.0. The van der Waals surface area contributed by atoms with Gasteiger partial charge in [-0.1, -0.05) is 30.3 Å². The summed E-state index contributed by atoms with van der Waals surface area (Å²) in [6.45, 7) is 2.03. The maximum atomic E-state index is 10.5. The molecule has 0 aliphatic heterocycles. The topological polar surface area (TPSA) is 64.4 Å². The van der Waals surface area contributed by atoms with Gasteiger partial charge < -0.3 is 10.1 Å². The maximum Gasteiger partial charge on any atom is 0.269 e. The van der Waals surface area contributed by atoms with Gasteiger partial charge >= 0.3 is 0 Å². The minimum absolute atomic E-state index is 0.0690. The van der Waals surface area contributed by atoms with Gasteiger partial charge in [0.1, 0.15) is 12.4 Å². The second-order valence-electron chi connectivity index (χ2n) is 4.26. The Bertz CT molecular complexity index is 541. The highest BCUT2D eigenvalue weighted by Gasteiger charge is 2.03. The number of nitro benzene ring substituents is 1. The van der Waals surface area contributed by atoms with Crippen LogP contribution in [0, 0.1) is 10.1 Å². The molecule has 0 radical (unpaired) electrons. The van der Waals surface area contributed by atoms with E-state index in [2.05, 4.69) is 17.4 Å². The van der Waals surface area contributed by atoms with Gasteiger partial charge in [-0.05, 0) is 17.7 Å². The monoisotopic (exact) mass is 272 g/mol. The van der Waals surface area contributed by atoms with Gasteiger partial charge in [0.05, 0.1) is 4.92 Å². The van der Waals surface area contributed by atoms with E-state index in [0.29, 0.717) is 18.9 Å². The molecule has 0 heterocycles. The first-order valence-electron chi connectivity index (χ1n) is 6.37. The zero-order chi connectivity index (χ0) is 14.2. The Morgan fingerprint density at radius 3 is 2.40 bits per heavy atom. The Balaban J connectivity index is 1.67. The first-order chi connectivity index (χ1) is 9.75. The Hall–Kier alpha value is -2.40. The average Bonchev–Trinajstić information content (AvgIpc) is 2.48. The number of nitrogens with one attached hydrogen (secondary N) is 1. The first-order valence-corrected chi connectivity index (χ1v) is 6.37. The lowest BCUT2D eigenvalue weighted by Gasteiger charge is -2.07. The third-order valence-electron chi connectivity index (χ3n) is 2.77. The molecule has 20 heavy (non-hydrogen) atoms. The standard InChI is InChI=1S/C15H16N2O3/c18-17(19)14-6-8-15(9-7-14)20-11-10-16-12-13-4-2-1-3-5-13/h1-9,16H,10-12H2. The molecule has 0 unspecified atom stereocenters. The van der Waals surface area contributed by atoms with Crippen LogP contribution in [-0.2, 0) is 6.54 Å². The molecule has 5 nitrogen and oxygen atoms in total. The van der Waals surface area contributed by atoms with Crippen LogP contribution in [0.25, 0.3) is 0 Å². The van der Waals surface area contributed by atoms with E-state index in [1.54, 1.807) is 12.1 Å². The fourth-order valence-electron chi connectivity index (χ4n) is 1.73. The highest BCUT2D eigenvalue weighted by Crippen LogP contribution is 2.16. The highest BCUT2D eigenvalue weighted by atomic mass is 16.6. The molecular weight excluding hydrogens is 256 g/mol. The van der Waals surface area contributed by atoms with E-state index in [9.17, 15) is 10.1 Å². The predicted octanol–water partition coefficient (Wildman–Crippen LogP) is 2.76. The van der Waals surface area contributed by atoms with Crippen LogP contribution >= 0.6 is 0 Å². The number of nitro groups is 1. The number of benzene rings is 2. The Labute approximate surface area is 117 Å². The van der Waals surface area contributed by atoms with Gasteiger partial charge in [0.2, 0.25) is 0 Å². The predicted molar refractivity (Wildman–Crippen MR) is 76.7 cm³/mol. The molecule has 0 aliphatic rings. The van der Waals surface area contributed by atoms with Crippen LogP contribution in [0.1, 0.15) is 5.56 Å². The van der Waals surface area contributed by atoms with E-state index in [1.165, 1.54) is 17.7 Å². The molecule has 0 spiro atoms. The van der Waals surface area contributed by atoms with Crippen LogP contribution in [0.2, 0.25) is 0 Å². The quantitative estimate of drug-likeness (QED) is 0.478. The van der Waals surface area contributed by atoms with Gasteiger partial charge in [-0.25, -0.2) is 0 Å². The number of rotatable bonds is 7. The third-order valence-corrected chi connectivity index (χ3v) is 2.77. The van der Waals surface area contributed by atoms with Crippen molar-refractivity contribution in [1.82, 2.24) is 5.32 Å². The average molecular weight is 272 g/mol. The zero-order valence-corrected chi connectivity index (χ0v) is 11.0. The molecule has 0 aliphatic carbocycles. The smallest absolute Gasteiger partial charge is 0.269 e. The second-order valence-corrected chi connectivity index (χ2v) is 4.26. The fourth-order valence-corrected chi connectivity index (χ4v) is 1.73. The van der Waals surface area contributed by atoms with Crippen LogP contribution in [0.4, 0.5) is 5.69 Å². The summed E-state index contributed by atoms with van der Waals surface area (Å²) in [5.74, 6) is 0.636. The van der Waals surface area contributed by atoms with Crippen molar-refractivity contribution >= 4 is 5.69 Å². The van der Waals surface area contributed by atoms with E-state index in [-0.39, 0.29) is 5.69 Å². The van der Waals surface area contributed by atoms with Gasteiger partial charge in [-0.2, -0.15) is 0 Å². The van der Waals surface area contributed by atoms with Gasteiger partial charge in [-0.15, -0.1) is 0 Å². The SMILES string of the molecule is O=[N+]([O-])c1ccc(OCCNCc2ccccc2)cc1. The van der Waals surface area contributed by atoms with Crippen molar-refractivity contribution in [3.05, 3.63) is 70.3 Å². The summed E-state index contributed by atoms with van der Waals surface area (Å²) in [7, 11) is 0.